The van der Waals surface area contributed by atoms with Gasteiger partial charge in [-0.3, -0.25) is 4.79 Å². The number of amides is 1. The highest BCUT2D eigenvalue weighted by atomic mass is 35.5. The first-order valence-electron chi connectivity index (χ1n) is 10.3. The van der Waals surface area contributed by atoms with Gasteiger partial charge in [-0.15, -0.1) is 0 Å². The van der Waals surface area contributed by atoms with Gasteiger partial charge in [0.15, 0.2) is 0 Å². The molecule has 4 aromatic rings. The minimum atomic E-state index is -0.549. The van der Waals surface area contributed by atoms with E-state index in [9.17, 15) is 14.9 Å². The quantitative estimate of drug-likeness (QED) is 0.224. The minimum Gasteiger partial charge on any atom is -0.463 e. The Morgan fingerprint density at radius 3 is 2.74 bits per heavy atom. The first-order chi connectivity index (χ1) is 16.4. The Balaban J connectivity index is 1.66. The maximum absolute atomic E-state index is 12.8. The van der Waals surface area contributed by atoms with Crippen molar-refractivity contribution < 1.29 is 18.7 Å². The number of nitriles is 1. The van der Waals surface area contributed by atoms with Gasteiger partial charge in [-0.2, -0.15) is 5.26 Å². The topological polar surface area (TPSA) is 97.3 Å². The molecule has 4 rings (SSSR count). The molecule has 170 valence electrons. The highest BCUT2D eigenvalue weighted by molar-refractivity contribution is 6.31. The Kier molecular flexibility index (Phi) is 6.53. The number of esters is 1. The van der Waals surface area contributed by atoms with Crippen LogP contribution < -0.4 is 5.32 Å². The molecule has 7 nitrogen and oxygen atoms in total. The van der Waals surface area contributed by atoms with Crippen molar-refractivity contribution in [2.75, 3.05) is 12.4 Å². The molecule has 1 N–H and O–H groups in total. The molecule has 2 aromatic heterocycles. The Hall–Kier alpha value is -4.28. The fourth-order valence-corrected chi connectivity index (χ4v) is 3.77. The highest BCUT2D eigenvalue weighted by Gasteiger charge is 2.16. The predicted octanol–water partition coefficient (Wildman–Crippen LogP) is 5.58. The number of halogens is 1. The van der Waals surface area contributed by atoms with E-state index < -0.39 is 11.9 Å². The summed E-state index contributed by atoms with van der Waals surface area (Å²) in [5.74, 6) is -0.398. The van der Waals surface area contributed by atoms with Gasteiger partial charge in [0.25, 0.3) is 5.91 Å². The molecule has 0 bridgehead atoms. The van der Waals surface area contributed by atoms with Gasteiger partial charge in [0.1, 0.15) is 17.4 Å². The third-order valence-corrected chi connectivity index (χ3v) is 5.78. The van der Waals surface area contributed by atoms with Crippen LogP contribution in [0, 0.1) is 18.3 Å². The summed E-state index contributed by atoms with van der Waals surface area (Å²) in [7, 11) is 1.29. The number of rotatable bonds is 6. The number of nitrogens with one attached hydrogen (secondary N) is 1. The van der Waals surface area contributed by atoms with Crippen molar-refractivity contribution in [2.45, 2.75) is 13.5 Å². The fraction of sp³-hybridized carbons (Fsp3) is 0.115. The SMILES string of the molecule is COC(=O)c1ccc(Cn2cc(/C=C(/C#N)C(=O)Nc3cccc(Cl)c3C)c3ccccc32)o1. The molecular weight excluding hydrogens is 454 g/mol. The number of para-hydroxylation sites is 1. The van der Waals surface area contributed by atoms with Crippen molar-refractivity contribution in [2.24, 2.45) is 0 Å². The van der Waals surface area contributed by atoms with Gasteiger partial charge < -0.3 is 19.0 Å². The summed E-state index contributed by atoms with van der Waals surface area (Å²) in [4.78, 5) is 24.5. The van der Waals surface area contributed by atoms with Crippen LogP contribution in [0.3, 0.4) is 0 Å². The van der Waals surface area contributed by atoms with Gasteiger partial charge >= 0.3 is 5.97 Å². The van der Waals surface area contributed by atoms with Crippen LogP contribution in [0.5, 0.6) is 0 Å². The molecule has 0 fully saturated rings. The van der Waals surface area contributed by atoms with Crippen molar-refractivity contribution in [1.82, 2.24) is 4.57 Å². The molecule has 0 atom stereocenters. The normalized spacial score (nSPS) is 11.3. The van der Waals surface area contributed by atoms with Gasteiger partial charge in [0.2, 0.25) is 5.76 Å². The molecule has 0 aliphatic carbocycles. The van der Waals surface area contributed by atoms with Crippen LogP contribution in [0.2, 0.25) is 5.02 Å². The lowest BCUT2D eigenvalue weighted by molar-refractivity contribution is -0.112. The summed E-state index contributed by atoms with van der Waals surface area (Å²) >= 11 is 6.14. The lowest BCUT2D eigenvalue weighted by Gasteiger charge is -2.08. The number of benzene rings is 2. The Bertz CT molecular complexity index is 1470. The number of furan rings is 1. The molecule has 1 amide bonds. The van der Waals surface area contributed by atoms with Crippen LogP contribution in [-0.2, 0) is 16.1 Å². The zero-order valence-electron chi connectivity index (χ0n) is 18.5. The molecule has 0 aliphatic rings. The number of hydrogen-bond donors (Lipinski definition) is 1. The number of carbonyl (C=O) groups is 2. The van der Waals surface area contributed by atoms with E-state index in [0.29, 0.717) is 28.6 Å². The summed E-state index contributed by atoms with van der Waals surface area (Å²) in [5.41, 5.74) is 2.79. The van der Waals surface area contributed by atoms with Crippen LogP contribution in [0.4, 0.5) is 5.69 Å². The number of anilines is 1. The predicted molar refractivity (Wildman–Crippen MR) is 129 cm³/mol. The van der Waals surface area contributed by atoms with E-state index in [1.165, 1.54) is 7.11 Å². The Morgan fingerprint density at radius 1 is 1.18 bits per heavy atom. The second kappa shape index (κ2) is 9.69. The molecule has 34 heavy (non-hydrogen) atoms. The molecule has 0 aliphatic heterocycles. The largest absolute Gasteiger partial charge is 0.463 e. The molecule has 2 aromatic carbocycles. The van der Waals surface area contributed by atoms with Crippen LogP contribution >= 0.6 is 11.6 Å². The molecule has 0 unspecified atom stereocenters. The van der Waals surface area contributed by atoms with E-state index in [0.717, 1.165) is 16.5 Å². The summed E-state index contributed by atoms with van der Waals surface area (Å²) in [6.45, 7) is 2.14. The number of carbonyl (C=O) groups excluding carboxylic acids is 2. The summed E-state index contributed by atoms with van der Waals surface area (Å²) in [6, 6.07) is 18.1. The third-order valence-electron chi connectivity index (χ3n) is 5.37. The van der Waals surface area contributed by atoms with Gasteiger partial charge in [0, 0.05) is 33.4 Å². The first-order valence-corrected chi connectivity index (χ1v) is 10.7. The molecule has 2 heterocycles. The van der Waals surface area contributed by atoms with E-state index in [2.05, 4.69) is 10.1 Å². The monoisotopic (exact) mass is 473 g/mol. The average molecular weight is 474 g/mol. The van der Waals surface area contributed by atoms with Gasteiger partial charge in [-0.25, -0.2) is 4.79 Å². The maximum Gasteiger partial charge on any atom is 0.373 e. The van der Waals surface area contributed by atoms with E-state index in [1.807, 2.05) is 41.1 Å². The third kappa shape index (κ3) is 4.58. The summed E-state index contributed by atoms with van der Waals surface area (Å²) in [5, 5.41) is 13.8. The average Bonchev–Trinajstić information content (AvgIpc) is 3.45. The van der Waals surface area contributed by atoms with Crippen molar-refractivity contribution in [3.8, 4) is 6.07 Å². The van der Waals surface area contributed by atoms with E-state index >= 15 is 0 Å². The van der Waals surface area contributed by atoms with Crippen molar-refractivity contribution in [3.63, 3.8) is 0 Å². The zero-order valence-corrected chi connectivity index (χ0v) is 19.2. The van der Waals surface area contributed by atoms with Crippen molar-refractivity contribution >= 4 is 46.1 Å². The molecule has 0 radical (unpaired) electrons. The lowest BCUT2D eigenvalue weighted by atomic mass is 10.1. The van der Waals surface area contributed by atoms with Gasteiger partial charge in [-0.05, 0) is 48.9 Å². The number of ether oxygens (including phenoxy) is 1. The number of nitrogens with zero attached hydrogens (tertiary/aromatic N) is 2. The maximum atomic E-state index is 12.8. The second-order valence-corrected chi connectivity index (χ2v) is 7.93. The van der Waals surface area contributed by atoms with Crippen LogP contribution in [0.1, 0.15) is 27.4 Å². The molecule has 0 saturated heterocycles. The Labute approximate surface area is 200 Å². The van der Waals surface area contributed by atoms with Gasteiger partial charge in [0.05, 0.1) is 13.7 Å². The number of methoxy groups -OCH3 is 1. The van der Waals surface area contributed by atoms with Crippen LogP contribution in [-0.4, -0.2) is 23.6 Å². The lowest BCUT2D eigenvalue weighted by Crippen LogP contribution is -2.14. The number of aromatic nitrogens is 1. The fourth-order valence-electron chi connectivity index (χ4n) is 3.60. The summed E-state index contributed by atoms with van der Waals surface area (Å²) in [6.07, 6.45) is 3.39. The second-order valence-electron chi connectivity index (χ2n) is 7.52. The van der Waals surface area contributed by atoms with E-state index in [-0.39, 0.29) is 11.3 Å². The van der Waals surface area contributed by atoms with Crippen LogP contribution in [0.15, 0.2) is 70.8 Å². The van der Waals surface area contributed by atoms with Crippen molar-refractivity contribution in [3.05, 3.63) is 94.0 Å². The van der Waals surface area contributed by atoms with E-state index in [4.69, 9.17) is 16.0 Å². The highest BCUT2D eigenvalue weighted by Crippen LogP contribution is 2.26. The number of hydrogen-bond acceptors (Lipinski definition) is 5. The zero-order chi connectivity index (χ0) is 24.2. The smallest absolute Gasteiger partial charge is 0.373 e. The molecule has 0 spiro atoms. The van der Waals surface area contributed by atoms with Crippen molar-refractivity contribution in [1.29, 1.82) is 5.26 Å². The van der Waals surface area contributed by atoms with Gasteiger partial charge in [-0.1, -0.05) is 35.9 Å². The minimum absolute atomic E-state index is 0.0479. The standard InChI is InChI=1S/C26H20ClN3O4/c1-16-21(27)7-5-8-22(16)29-25(31)17(13-28)12-18-14-30(23-9-4-3-6-20(18)23)15-19-10-11-24(34-19)26(32)33-2/h3-12,14H,15H2,1-2H3,(H,29,31)/b17-12-. The Morgan fingerprint density at radius 2 is 1.97 bits per heavy atom. The van der Waals surface area contributed by atoms with E-state index in [1.54, 1.807) is 43.3 Å². The first kappa shape index (κ1) is 22.9. The summed E-state index contributed by atoms with van der Waals surface area (Å²) < 4.78 is 12.2. The van der Waals surface area contributed by atoms with Crippen LogP contribution in [0.25, 0.3) is 17.0 Å². The number of fused-ring (bicyclic) bond motifs is 1. The molecule has 8 heteroatoms. The molecular formula is C26H20ClN3O4. The molecule has 0 saturated carbocycles.